The second kappa shape index (κ2) is 8.21. The van der Waals surface area contributed by atoms with Crippen molar-refractivity contribution >= 4 is 16.8 Å². The van der Waals surface area contributed by atoms with Gasteiger partial charge in [0.15, 0.2) is 5.82 Å². The van der Waals surface area contributed by atoms with Gasteiger partial charge >= 0.3 is 0 Å². The first-order chi connectivity index (χ1) is 15.2. The van der Waals surface area contributed by atoms with E-state index in [1.54, 1.807) is 7.11 Å². The highest BCUT2D eigenvalue weighted by atomic mass is 16.5. The highest BCUT2D eigenvalue weighted by Gasteiger charge is 2.26. The second-order valence-corrected chi connectivity index (χ2v) is 7.66. The first-order valence-electron chi connectivity index (χ1n) is 10.3. The minimum absolute atomic E-state index is 0.110. The number of benzene rings is 1. The molecule has 31 heavy (non-hydrogen) atoms. The zero-order valence-electron chi connectivity index (χ0n) is 17.2. The number of methoxy groups -OCH3 is 1. The summed E-state index contributed by atoms with van der Waals surface area (Å²) in [5, 5.41) is 11.5. The van der Waals surface area contributed by atoms with Gasteiger partial charge in [-0.05, 0) is 42.5 Å². The highest BCUT2D eigenvalue weighted by molar-refractivity contribution is 5.85. The van der Waals surface area contributed by atoms with Gasteiger partial charge in [-0.15, -0.1) is 0 Å². The maximum Gasteiger partial charge on any atom is 0.239 e. The van der Waals surface area contributed by atoms with Gasteiger partial charge in [-0.2, -0.15) is 10.1 Å². The van der Waals surface area contributed by atoms with Crippen LogP contribution in [0, 0.1) is 0 Å². The third-order valence-electron chi connectivity index (χ3n) is 5.86. The average molecular weight is 421 g/mol. The molecule has 0 unspecified atom stereocenters. The molecule has 0 saturated carbocycles. The molecule has 0 radical (unpaired) electrons. The number of H-pyrrole nitrogens is 2. The molecular formula is C21H23N7O3. The van der Waals surface area contributed by atoms with E-state index >= 15 is 0 Å². The summed E-state index contributed by atoms with van der Waals surface area (Å²) in [6.07, 6.45) is 6.09. The average Bonchev–Trinajstić information content (AvgIpc) is 3.57. The lowest BCUT2D eigenvalue weighted by Gasteiger charge is -2.32. The summed E-state index contributed by atoms with van der Waals surface area (Å²) >= 11 is 0. The Balaban J connectivity index is 1.17. The van der Waals surface area contributed by atoms with E-state index in [1.165, 1.54) is 17.3 Å². The number of aromatic amines is 2. The van der Waals surface area contributed by atoms with Crippen molar-refractivity contribution in [2.45, 2.75) is 31.6 Å². The number of fused-ring (bicyclic) bond motifs is 1. The van der Waals surface area contributed by atoms with Crippen LogP contribution in [0.15, 0.2) is 35.2 Å². The third-order valence-corrected chi connectivity index (χ3v) is 5.86. The van der Waals surface area contributed by atoms with Crippen molar-refractivity contribution < 1.29 is 14.1 Å². The Hall–Kier alpha value is -3.69. The van der Waals surface area contributed by atoms with Gasteiger partial charge in [0.25, 0.3) is 0 Å². The Kier molecular flexibility index (Phi) is 5.11. The Morgan fingerprint density at radius 3 is 2.97 bits per heavy atom. The summed E-state index contributed by atoms with van der Waals surface area (Å²) in [4.78, 5) is 26.2. The van der Waals surface area contributed by atoms with E-state index in [4.69, 9.17) is 9.26 Å². The lowest BCUT2D eigenvalue weighted by atomic mass is 9.89. The fraction of sp³-hybridized carbons (Fsp3) is 0.381. The van der Waals surface area contributed by atoms with Gasteiger partial charge in [-0.1, -0.05) is 5.16 Å². The molecule has 0 bridgehead atoms. The molecule has 0 atom stereocenters. The van der Waals surface area contributed by atoms with Crippen molar-refractivity contribution in [1.82, 2.24) is 35.2 Å². The van der Waals surface area contributed by atoms with E-state index in [1.807, 2.05) is 17.0 Å². The summed E-state index contributed by atoms with van der Waals surface area (Å²) in [7, 11) is 1.68. The lowest BCUT2D eigenvalue weighted by molar-refractivity contribution is -0.132. The number of piperidine rings is 1. The van der Waals surface area contributed by atoms with Crippen LogP contribution in [0.1, 0.15) is 36.6 Å². The summed E-state index contributed by atoms with van der Waals surface area (Å²) in [6, 6.07) is 6.08. The number of rotatable bonds is 6. The fourth-order valence-electron chi connectivity index (χ4n) is 4.16. The van der Waals surface area contributed by atoms with E-state index in [9.17, 15) is 4.79 Å². The summed E-state index contributed by atoms with van der Waals surface area (Å²) in [5.74, 6) is 2.59. The molecule has 4 heterocycles. The minimum atomic E-state index is 0.110. The summed E-state index contributed by atoms with van der Waals surface area (Å²) < 4.78 is 10.6. The molecule has 1 amide bonds. The van der Waals surface area contributed by atoms with Gasteiger partial charge in [0.2, 0.25) is 17.6 Å². The van der Waals surface area contributed by atoms with Crippen molar-refractivity contribution in [3.05, 3.63) is 42.2 Å². The number of likely N-dealkylation sites (tertiary alicyclic amines) is 1. The normalized spacial score (nSPS) is 14.9. The van der Waals surface area contributed by atoms with E-state index < -0.39 is 0 Å². The van der Waals surface area contributed by atoms with Gasteiger partial charge < -0.3 is 19.1 Å². The Morgan fingerprint density at radius 2 is 2.19 bits per heavy atom. The minimum Gasteiger partial charge on any atom is -0.497 e. The number of hydrogen-bond acceptors (Lipinski definition) is 7. The number of ether oxygens (including phenoxy) is 1. The van der Waals surface area contributed by atoms with Crippen molar-refractivity contribution in [2.24, 2.45) is 0 Å². The summed E-state index contributed by atoms with van der Waals surface area (Å²) in [5.41, 5.74) is 2.41. The molecule has 5 rings (SSSR count). The molecule has 4 aromatic rings. The van der Waals surface area contributed by atoms with E-state index in [2.05, 4.69) is 42.6 Å². The lowest BCUT2D eigenvalue weighted by Crippen LogP contribution is -2.38. The number of aryl methyl sites for hydroxylation is 1. The molecular weight excluding hydrogens is 398 g/mol. The van der Waals surface area contributed by atoms with E-state index in [0.29, 0.717) is 36.3 Å². The van der Waals surface area contributed by atoms with Crippen LogP contribution in [0.3, 0.4) is 0 Å². The van der Waals surface area contributed by atoms with Crippen molar-refractivity contribution in [1.29, 1.82) is 0 Å². The van der Waals surface area contributed by atoms with Crippen LogP contribution in [-0.4, -0.2) is 61.3 Å². The molecule has 10 heteroatoms. The first kappa shape index (κ1) is 19.3. The van der Waals surface area contributed by atoms with Gasteiger partial charge in [0.05, 0.1) is 7.11 Å². The van der Waals surface area contributed by atoms with E-state index in [0.717, 1.165) is 37.2 Å². The maximum atomic E-state index is 12.7. The van der Waals surface area contributed by atoms with Gasteiger partial charge in [0, 0.05) is 43.0 Å². The van der Waals surface area contributed by atoms with Crippen LogP contribution in [0.25, 0.3) is 22.6 Å². The molecule has 160 valence electrons. The summed E-state index contributed by atoms with van der Waals surface area (Å²) in [6.45, 7) is 1.49. The topological polar surface area (TPSA) is 126 Å². The number of nitrogens with zero attached hydrogens (tertiary/aromatic N) is 5. The quantitative estimate of drug-likeness (QED) is 0.490. The number of carbonyl (C=O) groups is 1. The predicted molar refractivity (Wildman–Crippen MR) is 111 cm³/mol. The molecule has 10 nitrogen and oxygen atoms in total. The largest absolute Gasteiger partial charge is 0.497 e. The number of carbonyl (C=O) groups excluding carboxylic acids is 1. The molecule has 2 N–H and O–H groups in total. The van der Waals surface area contributed by atoms with Gasteiger partial charge in [0.1, 0.15) is 12.1 Å². The molecule has 1 fully saturated rings. The smallest absolute Gasteiger partial charge is 0.239 e. The highest BCUT2D eigenvalue weighted by Crippen LogP contribution is 2.34. The first-order valence-corrected chi connectivity index (χ1v) is 10.3. The molecule has 0 aliphatic carbocycles. The van der Waals surface area contributed by atoms with Crippen molar-refractivity contribution in [3.8, 4) is 17.4 Å². The monoisotopic (exact) mass is 421 g/mol. The zero-order chi connectivity index (χ0) is 21.2. The van der Waals surface area contributed by atoms with Crippen molar-refractivity contribution in [2.75, 3.05) is 20.2 Å². The zero-order valence-corrected chi connectivity index (χ0v) is 17.2. The van der Waals surface area contributed by atoms with Crippen LogP contribution in [-0.2, 0) is 11.2 Å². The molecule has 0 spiro atoms. The van der Waals surface area contributed by atoms with Crippen LogP contribution < -0.4 is 4.74 Å². The van der Waals surface area contributed by atoms with Gasteiger partial charge in [-0.3, -0.25) is 9.89 Å². The van der Waals surface area contributed by atoms with Crippen LogP contribution in [0.5, 0.6) is 5.75 Å². The number of aromatic nitrogens is 6. The second-order valence-electron chi connectivity index (χ2n) is 7.66. The molecule has 1 saturated heterocycles. The Morgan fingerprint density at radius 1 is 1.32 bits per heavy atom. The number of amides is 1. The van der Waals surface area contributed by atoms with Crippen LogP contribution in [0.4, 0.5) is 0 Å². The third kappa shape index (κ3) is 3.88. The van der Waals surface area contributed by atoms with Gasteiger partial charge in [-0.25, -0.2) is 4.98 Å². The standard InChI is InChI=1S/C21H23N7O3/c1-30-14-2-3-17-15(10-14)16(11-22-17)13-6-8-28(9-7-13)19(29)5-4-18-25-21(27-31-18)20-23-12-24-26-20/h2-3,10-13,22H,4-9H2,1H3,(H,23,24,26). The molecule has 1 aromatic carbocycles. The molecule has 1 aliphatic rings. The van der Waals surface area contributed by atoms with E-state index in [-0.39, 0.29) is 5.91 Å². The predicted octanol–water partition coefficient (Wildman–Crippen LogP) is 2.68. The van der Waals surface area contributed by atoms with Crippen LogP contribution in [0.2, 0.25) is 0 Å². The fourth-order valence-corrected chi connectivity index (χ4v) is 4.16. The number of nitrogens with one attached hydrogen (secondary N) is 2. The van der Waals surface area contributed by atoms with Crippen molar-refractivity contribution in [3.63, 3.8) is 0 Å². The Labute approximate surface area is 178 Å². The molecule has 1 aliphatic heterocycles. The molecule has 3 aromatic heterocycles. The SMILES string of the molecule is COc1ccc2[nH]cc(C3CCN(C(=O)CCc4nc(-c5ncn[nH]5)no4)CC3)c2c1. The Bertz CT molecular complexity index is 1170. The maximum absolute atomic E-state index is 12.7. The van der Waals surface area contributed by atoms with Crippen LogP contribution >= 0.6 is 0 Å². The number of hydrogen-bond donors (Lipinski definition) is 2.